The van der Waals surface area contributed by atoms with Crippen molar-refractivity contribution < 1.29 is 0 Å². The van der Waals surface area contributed by atoms with Crippen molar-refractivity contribution in [3.63, 3.8) is 0 Å². The van der Waals surface area contributed by atoms with Gasteiger partial charge in [0.15, 0.2) is 0 Å². The van der Waals surface area contributed by atoms with E-state index in [2.05, 4.69) is 29.2 Å². The van der Waals surface area contributed by atoms with Crippen LogP contribution in [0.25, 0.3) is 0 Å². The molecule has 2 atom stereocenters. The Morgan fingerprint density at radius 3 is 2.33 bits per heavy atom. The van der Waals surface area contributed by atoms with Crippen LogP contribution in [0.2, 0.25) is 0 Å². The molecule has 2 unspecified atom stereocenters. The van der Waals surface area contributed by atoms with Gasteiger partial charge in [-0.1, -0.05) is 0 Å². The number of likely N-dealkylation sites (N-methyl/N-ethyl adjacent to an activating group) is 1. The van der Waals surface area contributed by atoms with E-state index in [0.29, 0.717) is 0 Å². The first kappa shape index (κ1) is 11.4. The summed E-state index contributed by atoms with van der Waals surface area (Å²) in [7, 11) is 4.47. The molecule has 0 radical (unpaired) electrons. The first-order valence-corrected chi connectivity index (χ1v) is 6.37. The van der Waals surface area contributed by atoms with Crippen LogP contribution >= 0.6 is 0 Å². The van der Waals surface area contributed by atoms with Crippen LogP contribution in [0.1, 0.15) is 25.7 Å². The number of rotatable bonds is 2. The van der Waals surface area contributed by atoms with Crippen LogP contribution in [-0.2, 0) is 0 Å². The molecule has 0 amide bonds. The highest BCUT2D eigenvalue weighted by Gasteiger charge is 2.23. The van der Waals surface area contributed by atoms with Crippen LogP contribution in [0.3, 0.4) is 0 Å². The number of hydrogen-bond acceptors (Lipinski definition) is 3. The number of likely N-dealkylation sites (tertiary alicyclic amines) is 2. The molecule has 15 heavy (non-hydrogen) atoms. The van der Waals surface area contributed by atoms with Gasteiger partial charge in [0.2, 0.25) is 0 Å². The maximum atomic E-state index is 3.84. The fraction of sp³-hybridized carbons (Fsp3) is 1.00. The van der Waals surface area contributed by atoms with E-state index >= 15 is 0 Å². The second kappa shape index (κ2) is 5.28. The fourth-order valence-electron chi connectivity index (χ4n) is 2.81. The molecule has 2 aliphatic rings. The van der Waals surface area contributed by atoms with Crippen molar-refractivity contribution in [2.24, 2.45) is 0 Å². The molecule has 0 spiro atoms. The summed E-state index contributed by atoms with van der Waals surface area (Å²) in [5.41, 5.74) is 0. The lowest BCUT2D eigenvalue weighted by Crippen LogP contribution is -2.40. The Morgan fingerprint density at radius 1 is 0.867 bits per heavy atom. The van der Waals surface area contributed by atoms with E-state index in [1.165, 1.54) is 51.9 Å². The van der Waals surface area contributed by atoms with E-state index in [1.807, 2.05) is 0 Å². The van der Waals surface area contributed by atoms with Gasteiger partial charge in [-0.25, -0.2) is 0 Å². The maximum Gasteiger partial charge on any atom is 0.0209 e. The van der Waals surface area contributed by atoms with Crippen molar-refractivity contribution in [1.82, 2.24) is 15.1 Å². The van der Waals surface area contributed by atoms with Gasteiger partial charge in [-0.15, -0.1) is 0 Å². The lowest BCUT2D eigenvalue weighted by atomic mass is 10.1. The maximum absolute atomic E-state index is 3.84. The van der Waals surface area contributed by atoms with E-state index in [0.717, 1.165) is 12.1 Å². The molecule has 2 rings (SSSR count). The van der Waals surface area contributed by atoms with Crippen molar-refractivity contribution in [3.05, 3.63) is 0 Å². The Balaban J connectivity index is 1.74. The van der Waals surface area contributed by atoms with Gasteiger partial charge in [-0.05, 0) is 59.4 Å². The molecule has 2 saturated heterocycles. The van der Waals surface area contributed by atoms with Crippen molar-refractivity contribution >= 4 is 0 Å². The Hall–Kier alpha value is -0.120. The molecule has 3 heteroatoms. The van der Waals surface area contributed by atoms with Crippen LogP contribution in [0, 0.1) is 0 Å². The smallest absolute Gasteiger partial charge is 0.0209 e. The predicted molar refractivity (Wildman–Crippen MR) is 64.2 cm³/mol. The minimum Gasteiger partial charge on any atom is -0.310 e. The van der Waals surface area contributed by atoms with Crippen molar-refractivity contribution in [3.8, 4) is 0 Å². The normalized spacial score (nSPS) is 35.6. The first-order valence-electron chi connectivity index (χ1n) is 6.37. The van der Waals surface area contributed by atoms with Gasteiger partial charge in [0.05, 0.1) is 0 Å². The monoisotopic (exact) mass is 211 g/mol. The third-order valence-electron chi connectivity index (χ3n) is 3.81. The highest BCUT2D eigenvalue weighted by Crippen LogP contribution is 2.13. The number of nitrogens with one attached hydrogen (secondary N) is 1. The summed E-state index contributed by atoms with van der Waals surface area (Å²) in [4.78, 5) is 4.89. The Labute approximate surface area is 93.8 Å². The zero-order chi connectivity index (χ0) is 10.7. The summed E-state index contributed by atoms with van der Waals surface area (Å²) in [6, 6.07) is 1.52. The molecule has 3 nitrogen and oxygen atoms in total. The summed E-state index contributed by atoms with van der Waals surface area (Å²) in [6.45, 7) is 5.06. The van der Waals surface area contributed by atoms with Crippen LogP contribution in [-0.4, -0.2) is 62.2 Å². The molecule has 1 N–H and O–H groups in total. The van der Waals surface area contributed by atoms with E-state index < -0.39 is 0 Å². The summed E-state index contributed by atoms with van der Waals surface area (Å²) in [5, 5.41) is 3.84. The predicted octanol–water partition coefficient (Wildman–Crippen LogP) is 0.764. The minimum absolute atomic E-state index is 0.753. The summed E-state index contributed by atoms with van der Waals surface area (Å²) in [5.74, 6) is 0. The molecule has 0 aromatic carbocycles. The number of hydrogen-bond donors (Lipinski definition) is 1. The van der Waals surface area contributed by atoms with E-state index in [4.69, 9.17) is 0 Å². The van der Waals surface area contributed by atoms with Crippen molar-refractivity contribution in [2.45, 2.75) is 37.8 Å². The molecule has 2 fully saturated rings. The molecule has 88 valence electrons. The lowest BCUT2D eigenvalue weighted by molar-refractivity contribution is 0.335. The summed E-state index contributed by atoms with van der Waals surface area (Å²) in [6.07, 6.45) is 5.39. The van der Waals surface area contributed by atoms with Gasteiger partial charge in [0.1, 0.15) is 0 Å². The zero-order valence-electron chi connectivity index (χ0n) is 10.2. The molecule has 2 aliphatic heterocycles. The van der Waals surface area contributed by atoms with Crippen LogP contribution in [0.15, 0.2) is 0 Å². The van der Waals surface area contributed by atoms with Crippen LogP contribution < -0.4 is 5.32 Å². The largest absolute Gasteiger partial charge is 0.310 e. The van der Waals surface area contributed by atoms with Crippen LogP contribution in [0.4, 0.5) is 0 Å². The Kier molecular flexibility index (Phi) is 4.00. The van der Waals surface area contributed by atoms with E-state index in [9.17, 15) is 0 Å². The third-order valence-corrected chi connectivity index (χ3v) is 3.81. The second-order valence-electron chi connectivity index (χ2n) is 5.35. The molecular weight excluding hydrogens is 186 g/mol. The Morgan fingerprint density at radius 2 is 1.60 bits per heavy atom. The van der Waals surface area contributed by atoms with Crippen molar-refractivity contribution in [1.29, 1.82) is 0 Å². The molecule has 0 aliphatic carbocycles. The van der Waals surface area contributed by atoms with Gasteiger partial charge in [-0.3, -0.25) is 0 Å². The molecule has 2 heterocycles. The van der Waals surface area contributed by atoms with Gasteiger partial charge < -0.3 is 15.1 Å². The number of nitrogens with zero attached hydrogens (tertiary/aromatic N) is 2. The third kappa shape index (κ3) is 3.44. The average Bonchev–Trinajstić information content (AvgIpc) is 2.48. The van der Waals surface area contributed by atoms with Gasteiger partial charge in [0.25, 0.3) is 0 Å². The minimum atomic E-state index is 0.753. The lowest BCUT2D eigenvalue weighted by Gasteiger charge is -2.21. The highest BCUT2D eigenvalue weighted by atomic mass is 15.2. The van der Waals surface area contributed by atoms with Crippen LogP contribution in [0.5, 0.6) is 0 Å². The van der Waals surface area contributed by atoms with Gasteiger partial charge in [-0.2, -0.15) is 0 Å². The average molecular weight is 211 g/mol. The molecule has 0 aromatic rings. The summed E-state index contributed by atoms with van der Waals surface area (Å²) >= 11 is 0. The van der Waals surface area contributed by atoms with E-state index in [-0.39, 0.29) is 0 Å². The highest BCUT2D eigenvalue weighted by molar-refractivity contribution is 4.83. The first-order chi connectivity index (χ1) is 7.24. The standard InChI is InChI=1S/C12H25N3/c1-14-7-3-4-11(5-8-14)13-12-6-9-15(2)10-12/h11-13H,3-10H2,1-2H3. The SMILES string of the molecule is CN1CCCC(NC2CCN(C)C2)CC1. The topological polar surface area (TPSA) is 18.5 Å². The zero-order valence-corrected chi connectivity index (χ0v) is 10.2. The van der Waals surface area contributed by atoms with E-state index in [1.54, 1.807) is 0 Å². The Bertz CT molecular complexity index is 195. The molecule has 0 bridgehead atoms. The van der Waals surface area contributed by atoms with Gasteiger partial charge in [0, 0.05) is 18.6 Å². The summed E-state index contributed by atoms with van der Waals surface area (Å²) < 4.78 is 0. The van der Waals surface area contributed by atoms with Crippen molar-refractivity contribution in [2.75, 3.05) is 40.3 Å². The quantitative estimate of drug-likeness (QED) is 0.728. The van der Waals surface area contributed by atoms with Gasteiger partial charge >= 0.3 is 0 Å². The molecule has 0 saturated carbocycles. The molecule has 0 aromatic heterocycles. The fourth-order valence-corrected chi connectivity index (χ4v) is 2.81. The molecular formula is C12H25N3. The second-order valence-corrected chi connectivity index (χ2v) is 5.35.